The normalized spacial score (nSPS) is 14.5. The molecule has 5 aromatic rings. The third kappa shape index (κ3) is 5.68. The van der Waals surface area contributed by atoms with Crippen molar-refractivity contribution in [2.75, 3.05) is 50.5 Å². The number of anilines is 3. The van der Waals surface area contributed by atoms with E-state index in [-0.39, 0.29) is 28.2 Å². The minimum Gasteiger partial charge on any atom is -0.459 e. The number of carbonyl (C=O) groups is 1. The molecular formula is C30H26ClFN10O3. The Bertz CT molecular complexity index is 2010. The second-order valence-corrected chi connectivity index (χ2v) is 11.0. The Hall–Kier alpha value is -5.34. The molecule has 1 N–H and O–H groups in total. The fourth-order valence-corrected chi connectivity index (χ4v) is 5.23. The molecule has 0 atom stereocenters. The summed E-state index contributed by atoms with van der Waals surface area (Å²) in [5.74, 6) is 1.16. The number of benzene rings is 1. The van der Waals surface area contributed by atoms with Crippen LogP contribution in [0.15, 0.2) is 73.3 Å². The van der Waals surface area contributed by atoms with Crippen molar-refractivity contribution in [3.05, 3.63) is 84.1 Å². The van der Waals surface area contributed by atoms with Crippen LogP contribution < -0.4 is 19.7 Å². The number of pyridine rings is 2. The Morgan fingerprint density at radius 2 is 2.07 bits per heavy atom. The van der Waals surface area contributed by atoms with E-state index in [0.29, 0.717) is 65.9 Å². The monoisotopic (exact) mass is 628 g/mol. The first-order valence-corrected chi connectivity index (χ1v) is 14.3. The second kappa shape index (κ2) is 11.6. The molecule has 0 radical (unpaired) electrons. The lowest BCUT2D eigenvalue weighted by Crippen LogP contribution is -2.46. The molecule has 7 rings (SSSR count). The van der Waals surface area contributed by atoms with Crippen molar-refractivity contribution in [3.63, 3.8) is 0 Å². The van der Waals surface area contributed by atoms with Gasteiger partial charge >= 0.3 is 0 Å². The maximum atomic E-state index is 15.4. The summed E-state index contributed by atoms with van der Waals surface area (Å²) < 4.78 is 28.8. The van der Waals surface area contributed by atoms with E-state index < -0.39 is 5.82 Å². The maximum Gasteiger partial charge on any atom is 0.250 e. The number of amides is 1. The van der Waals surface area contributed by atoms with Gasteiger partial charge in [0.05, 0.1) is 28.5 Å². The molecule has 6 heterocycles. The molecular weight excluding hydrogens is 603 g/mol. The molecule has 2 bridgehead atoms. The molecule has 1 fully saturated rings. The van der Waals surface area contributed by atoms with Gasteiger partial charge in [0, 0.05) is 50.1 Å². The van der Waals surface area contributed by atoms with Crippen LogP contribution in [0, 0.1) is 5.82 Å². The van der Waals surface area contributed by atoms with Crippen LogP contribution in [0.3, 0.4) is 0 Å². The summed E-state index contributed by atoms with van der Waals surface area (Å²) in [6.45, 7) is 2.08. The molecule has 0 spiro atoms. The highest BCUT2D eigenvalue weighted by Gasteiger charge is 2.30. The topological polar surface area (TPSA) is 126 Å². The average molecular weight is 629 g/mol. The molecule has 45 heavy (non-hydrogen) atoms. The van der Waals surface area contributed by atoms with E-state index in [1.807, 2.05) is 30.0 Å². The number of piperazine rings is 1. The van der Waals surface area contributed by atoms with Gasteiger partial charge < -0.3 is 29.5 Å². The van der Waals surface area contributed by atoms with Gasteiger partial charge in [-0.3, -0.25) is 4.79 Å². The molecule has 0 aliphatic carbocycles. The number of likely N-dealkylation sites (N-methyl/N-ethyl adjacent to an activating group) is 1. The Balaban J connectivity index is 1.13. The first-order valence-electron chi connectivity index (χ1n) is 13.9. The van der Waals surface area contributed by atoms with E-state index in [1.54, 1.807) is 46.1 Å². The van der Waals surface area contributed by atoms with Crippen molar-refractivity contribution in [1.82, 2.24) is 39.3 Å². The molecule has 1 aromatic carbocycles. The summed E-state index contributed by atoms with van der Waals surface area (Å²) in [6.07, 6.45) is 9.44. The minimum atomic E-state index is -0.614. The summed E-state index contributed by atoms with van der Waals surface area (Å²) in [6, 6.07) is 7.70. The SMILES string of the molecule is CN(C)C/C=C/C(=O)N1CCN2CC1=COc1cc3ncnc(Nc4cc(Cl)c(Oc5ccn6ncnc6c5)cc4F)c3nc12. The number of nitrogens with zero attached hydrogens (tertiary/aromatic N) is 9. The van der Waals surface area contributed by atoms with Crippen LogP contribution in [-0.2, 0) is 4.79 Å². The number of ether oxygens (including phenoxy) is 2. The van der Waals surface area contributed by atoms with Crippen LogP contribution in [0.5, 0.6) is 17.2 Å². The van der Waals surface area contributed by atoms with Crippen LogP contribution >= 0.6 is 11.6 Å². The van der Waals surface area contributed by atoms with Crippen molar-refractivity contribution in [3.8, 4) is 17.2 Å². The van der Waals surface area contributed by atoms with Gasteiger partial charge in [0.25, 0.3) is 5.91 Å². The molecule has 1 saturated heterocycles. The highest BCUT2D eigenvalue weighted by atomic mass is 35.5. The van der Waals surface area contributed by atoms with Crippen molar-refractivity contribution < 1.29 is 18.7 Å². The van der Waals surface area contributed by atoms with Crippen LogP contribution in [0.25, 0.3) is 16.7 Å². The van der Waals surface area contributed by atoms with E-state index in [0.717, 1.165) is 0 Å². The third-order valence-corrected chi connectivity index (χ3v) is 7.52. The van der Waals surface area contributed by atoms with E-state index in [1.165, 1.54) is 24.8 Å². The molecule has 228 valence electrons. The second-order valence-electron chi connectivity index (χ2n) is 10.6. The number of fused-ring (bicyclic) bond motifs is 6. The van der Waals surface area contributed by atoms with Gasteiger partial charge in [-0.05, 0) is 26.2 Å². The van der Waals surface area contributed by atoms with Crippen molar-refractivity contribution in [2.45, 2.75) is 0 Å². The maximum absolute atomic E-state index is 15.4. The number of hydrogen-bond acceptors (Lipinski definition) is 11. The predicted molar refractivity (Wildman–Crippen MR) is 165 cm³/mol. The number of hydrogen-bond donors (Lipinski definition) is 1. The number of aromatic nitrogens is 6. The molecule has 4 aromatic heterocycles. The lowest BCUT2D eigenvalue weighted by Gasteiger charge is -2.35. The molecule has 0 unspecified atom stereocenters. The summed E-state index contributed by atoms with van der Waals surface area (Å²) in [7, 11) is 3.88. The minimum absolute atomic E-state index is 0.0756. The predicted octanol–water partition coefficient (Wildman–Crippen LogP) is 4.40. The van der Waals surface area contributed by atoms with Gasteiger partial charge in [-0.1, -0.05) is 17.7 Å². The quantitative estimate of drug-likeness (QED) is 0.258. The number of nitrogens with one attached hydrogen (secondary N) is 1. The summed E-state index contributed by atoms with van der Waals surface area (Å²) in [5, 5.41) is 7.23. The van der Waals surface area contributed by atoms with Crippen LogP contribution in [0.4, 0.5) is 21.7 Å². The lowest BCUT2D eigenvalue weighted by molar-refractivity contribution is -0.124. The zero-order valence-corrected chi connectivity index (χ0v) is 24.9. The number of halogens is 2. The van der Waals surface area contributed by atoms with Gasteiger partial charge in [0.2, 0.25) is 0 Å². The van der Waals surface area contributed by atoms with Gasteiger partial charge in [-0.2, -0.15) is 5.10 Å². The Morgan fingerprint density at radius 3 is 2.93 bits per heavy atom. The molecule has 0 saturated carbocycles. The van der Waals surface area contributed by atoms with Gasteiger partial charge in [-0.25, -0.2) is 28.8 Å². The van der Waals surface area contributed by atoms with Crippen molar-refractivity contribution >= 4 is 51.5 Å². The van der Waals surface area contributed by atoms with Crippen LogP contribution in [0.2, 0.25) is 5.02 Å². The number of carbonyl (C=O) groups excluding carboxylic acids is 1. The van der Waals surface area contributed by atoms with Gasteiger partial charge in [0.1, 0.15) is 41.7 Å². The van der Waals surface area contributed by atoms with Crippen LogP contribution in [0.1, 0.15) is 0 Å². The van der Waals surface area contributed by atoms with E-state index in [4.69, 9.17) is 26.1 Å². The molecule has 13 nitrogen and oxygen atoms in total. The Kier molecular flexibility index (Phi) is 7.35. The smallest absolute Gasteiger partial charge is 0.250 e. The number of rotatable bonds is 7. The van der Waals surface area contributed by atoms with Crippen molar-refractivity contribution in [2.24, 2.45) is 0 Å². The zero-order valence-electron chi connectivity index (χ0n) is 24.2. The highest BCUT2D eigenvalue weighted by Crippen LogP contribution is 2.38. The molecule has 2 aliphatic rings. The van der Waals surface area contributed by atoms with Gasteiger partial charge in [-0.15, -0.1) is 0 Å². The highest BCUT2D eigenvalue weighted by molar-refractivity contribution is 6.32. The summed E-state index contributed by atoms with van der Waals surface area (Å²) >= 11 is 6.50. The van der Waals surface area contributed by atoms with E-state index in [2.05, 4.69) is 25.4 Å². The standard InChI is InChI=1S/C30H26ClFN10O3/c1-39(2)6-3-4-27(43)41-9-8-40-14-18(41)15-44-25-13-23-28(38-30(25)40)29(35-16-33-23)37-22-11-20(31)24(12-21(22)32)45-19-5-7-42-26(10-19)34-17-36-42/h3-5,7,10-13,15-17H,6,8-9,14H2,1-2H3,(H,33,35,37)/b4-3+. The van der Waals surface area contributed by atoms with Crippen LogP contribution in [-0.4, -0.2) is 85.5 Å². The zero-order chi connectivity index (χ0) is 31.1. The third-order valence-electron chi connectivity index (χ3n) is 7.22. The van der Waals surface area contributed by atoms with Crippen molar-refractivity contribution in [1.29, 1.82) is 0 Å². The summed E-state index contributed by atoms with van der Waals surface area (Å²) in [4.78, 5) is 36.2. The average Bonchev–Trinajstić information content (AvgIpc) is 3.45. The van der Waals surface area contributed by atoms with E-state index >= 15 is 4.39 Å². The summed E-state index contributed by atoms with van der Waals surface area (Å²) in [5.41, 5.74) is 2.26. The largest absolute Gasteiger partial charge is 0.459 e. The fraction of sp³-hybridized carbons (Fsp3) is 0.200. The Morgan fingerprint density at radius 1 is 1.18 bits per heavy atom. The van der Waals surface area contributed by atoms with Gasteiger partial charge in [0.15, 0.2) is 23.0 Å². The molecule has 2 aliphatic heterocycles. The van der Waals surface area contributed by atoms with E-state index in [9.17, 15) is 4.79 Å². The molecule has 1 amide bonds. The Labute approximate surface area is 261 Å². The molecule has 15 heteroatoms. The first-order chi connectivity index (χ1) is 21.8. The fourth-order valence-electron chi connectivity index (χ4n) is 5.02. The first kappa shape index (κ1) is 28.4. The lowest BCUT2D eigenvalue weighted by atomic mass is 10.2.